The van der Waals surface area contributed by atoms with E-state index in [-0.39, 0.29) is 41.5 Å². The average molecular weight is 517 g/mol. The van der Waals surface area contributed by atoms with Crippen molar-refractivity contribution in [3.05, 3.63) is 40.4 Å². The first-order valence-corrected chi connectivity index (χ1v) is 16.8. The number of carboxylic acids is 1. The maximum absolute atomic E-state index is 13.4. The molecule has 3 heterocycles. The summed E-state index contributed by atoms with van der Waals surface area (Å²) in [6, 6.07) is 7.18. The number of fused-ring (bicyclic) bond motifs is 1. The molecule has 9 heteroatoms. The highest BCUT2D eigenvalue weighted by molar-refractivity contribution is 8.03. The minimum Gasteiger partial charge on any atom is -0.477 e. The molecule has 0 bridgehead atoms. The lowest BCUT2D eigenvalue weighted by Gasteiger charge is -2.48. The smallest absolute Gasteiger partial charge is 0.353 e. The van der Waals surface area contributed by atoms with E-state index in [0.717, 1.165) is 43.7 Å². The lowest BCUT2D eigenvalue weighted by atomic mass is 9.79. The maximum Gasteiger partial charge on any atom is 0.353 e. The van der Waals surface area contributed by atoms with E-state index in [9.17, 15) is 19.5 Å². The first-order valence-electron chi connectivity index (χ1n) is 12.6. The van der Waals surface area contributed by atoms with Gasteiger partial charge in [0.2, 0.25) is 5.91 Å². The molecule has 0 aromatic heterocycles. The number of rotatable bonds is 7. The van der Waals surface area contributed by atoms with Crippen LogP contribution in [0.2, 0.25) is 19.6 Å². The SMILES string of the molecule is CC(O[Si](C)(C)C)C1C(=O)N2C(C(=O)O)=C(Sc3ccccc3C(=O)N3CCCCCC3)C(C)[C@@H]12. The molecule has 0 spiro atoms. The van der Waals surface area contributed by atoms with Crippen LogP contribution in [0.15, 0.2) is 39.8 Å². The Morgan fingerprint density at radius 1 is 1.11 bits per heavy atom. The first kappa shape index (κ1) is 26.0. The van der Waals surface area contributed by atoms with E-state index < -0.39 is 14.3 Å². The number of thioether (sulfide) groups is 1. The molecule has 1 N–H and O–H groups in total. The predicted octanol–water partition coefficient (Wildman–Crippen LogP) is 4.81. The summed E-state index contributed by atoms with van der Waals surface area (Å²) in [5, 5.41) is 10.1. The van der Waals surface area contributed by atoms with Gasteiger partial charge in [0.05, 0.1) is 23.6 Å². The van der Waals surface area contributed by atoms with Crippen LogP contribution in [0.1, 0.15) is 49.9 Å². The van der Waals surface area contributed by atoms with E-state index >= 15 is 0 Å². The number of nitrogens with zero attached hydrogens (tertiary/aromatic N) is 2. The minimum absolute atomic E-state index is 0.00693. The Hall–Kier alpha value is -2.10. The van der Waals surface area contributed by atoms with Gasteiger partial charge in [0.25, 0.3) is 5.91 Å². The molecule has 1 aromatic rings. The van der Waals surface area contributed by atoms with Gasteiger partial charge >= 0.3 is 5.97 Å². The number of β-lactam (4-membered cyclic amide) rings is 1. The molecule has 2 fully saturated rings. The van der Waals surface area contributed by atoms with Crippen LogP contribution < -0.4 is 0 Å². The highest BCUT2D eigenvalue weighted by atomic mass is 32.2. The molecule has 0 aliphatic carbocycles. The molecule has 190 valence electrons. The van der Waals surface area contributed by atoms with Crippen LogP contribution in [0.25, 0.3) is 0 Å². The zero-order valence-corrected chi connectivity index (χ0v) is 23.1. The van der Waals surface area contributed by atoms with Crippen molar-refractivity contribution in [2.45, 2.75) is 76.2 Å². The Balaban J connectivity index is 1.62. The maximum atomic E-state index is 13.4. The number of benzene rings is 1. The molecule has 3 aliphatic heterocycles. The quantitative estimate of drug-likeness (QED) is 0.413. The Morgan fingerprint density at radius 2 is 1.74 bits per heavy atom. The summed E-state index contributed by atoms with van der Waals surface area (Å²) in [6.45, 7) is 11.7. The molecule has 3 aliphatic rings. The van der Waals surface area contributed by atoms with Crippen molar-refractivity contribution < 1.29 is 23.9 Å². The fraction of sp³-hybridized carbons (Fsp3) is 0.577. The minimum atomic E-state index is -1.87. The number of carboxylic acid groups (broad SMARTS) is 1. The Kier molecular flexibility index (Phi) is 7.50. The van der Waals surface area contributed by atoms with Crippen LogP contribution in [-0.2, 0) is 14.0 Å². The summed E-state index contributed by atoms with van der Waals surface area (Å²) >= 11 is 1.32. The van der Waals surface area contributed by atoms with Crippen molar-refractivity contribution >= 4 is 37.9 Å². The number of carbonyl (C=O) groups excluding carboxylic acids is 2. The van der Waals surface area contributed by atoms with Gasteiger partial charge in [-0.1, -0.05) is 43.7 Å². The molecular formula is C26H36N2O5SSi. The Morgan fingerprint density at radius 3 is 2.34 bits per heavy atom. The third-order valence-electron chi connectivity index (χ3n) is 7.07. The van der Waals surface area contributed by atoms with Crippen LogP contribution >= 0.6 is 11.8 Å². The molecule has 35 heavy (non-hydrogen) atoms. The van der Waals surface area contributed by atoms with Crippen molar-refractivity contribution in [1.29, 1.82) is 0 Å². The number of aliphatic carboxylic acids is 1. The second-order valence-corrected chi connectivity index (χ2v) is 16.3. The fourth-order valence-corrected chi connectivity index (χ4v) is 8.09. The highest BCUT2D eigenvalue weighted by Crippen LogP contribution is 2.52. The molecule has 7 nitrogen and oxygen atoms in total. The summed E-state index contributed by atoms with van der Waals surface area (Å²) in [4.78, 5) is 43.6. The number of hydrogen-bond acceptors (Lipinski definition) is 5. The van der Waals surface area contributed by atoms with Gasteiger partial charge in [0.1, 0.15) is 5.70 Å². The number of likely N-dealkylation sites (tertiary alicyclic amines) is 1. The Bertz CT molecular complexity index is 1040. The average Bonchev–Trinajstić information content (AvgIpc) is 2.94. The van der Waals surface area contributed by atoms with Gasteiger partial charge in [0, 0.05) is 28.8 Å². The van der Waals surface area contributed by atoms with Crippen LogP contribution in [0, 0.1) is 11.8 Å². The van der Waals surface area contributed by atoms with E-state index in [4.69, 9.17) is 4.43 Å². The van der Waals surface area contributed by atoms with Crippen molar-refractivity contribution in [2.75, 3.05) is 13.1 Å². The summed E-state index contributed by atoms with van der Waals surface area (Å²) in [6.07, 6.45) is 4.01. The highest BCUT2D eigenvalue weighted by Gasteiger charge is 2.60. The van der Waals surface area contributed by atoms with Crippen LogP contribution in [0.4, 0.5) is 0 Å². The monoisotopic (exact) mass is 516 g/mol. The molecule has 1 aromatic carbocycles. The predicted molar refractivity (Wildman–Crippen MR) is 139 cm³/mol. The third-order valence-corrected chi connectivity index (χ3v) is 9.51. The largest absolute Gasteiger partial charge is 0.477 e. The summed E-state index contributed by atoms with van der Waals surface area (Å²) in [5.74, 6) is -1.83. The summed E-state index contributed by atoms with van der Waals surface area (Å²) in [5.41, 5.74) is 0.641. The molecule has 4 rings (SSSR count). The molecule has 4 atom stereocenters. The first-order chi connectivity index (χ1) is 16.5. The lowest BCUT2D eigenvalue weighted by molar-refractivity contribution is -0.162. The van der Waals surface area contributed by atoms with E-state index in [1.54, 1.807) is 0 Å². The van der Waals surface area contributed by atoms with Crippen LogP contribution in [0.3, 0.4) is 0 Å². The normalized spacial score (nSPS) is 25.7. The topological polar surface area (TPSA) is 87.1 Å². The summed E-state index contributed by atoms with van der Waals surface area (Å²) in [7, 11) is -1.87. The van der Waals surface area contributed by atoms with E-state index in [2.05, 4.69) is 19.6 Å². The van der Waals surface area contributed by atoms with Gasteiger partial charge in [-0.3, -0.25) is 9.59 Å². The lowest BCUT2D eigenvalue weighted by Crippen LogP contribution is -2.64. The number of amides is 2. The number of hydrogen-bond donors (Lipinski definition) is 1. The number of carbonyl (C=O) groups is 3. The van der Waals surface area contributed by atoms with E-state index in [1.807, 2.05) is 43.0 Å². The zero-order chi connectivity index (χ0) is 25.5. The van der Waals surface area contributed by atoms with Gasteiger partial charge < -0.3 is 19.3 Å². The van der Waals surface area contributed by atoms with Crippen LogP contribution in [0.5, 0.6) is 0 Å². The molecule has 2 amide bonds. The standard InChI is InChI=1S/C26H36N2O5SSi/c1-16-21-20(17(2)33-35(3,4)5)25(30)28(21)22(26(31)32)23(16)34-19-13-9-8-12-18(19)24(29)27-14-10-6-7-11-15-27/h8-9,12-13,16-17,20-21H,6-7,10-11,14-15H2,1-5H3,(H,31,32)/t16?,17?,20?,21-/m0/s1. The second kappa shape index (κ2) is 10.1. The van der Waals surface area contributed by atoms with E-state index in [0.29, 0.717) is 10.5 Å². The van der Waals surface area contributed by atoms with Gasteiger partial charge in [0.15, 0.2) is 8.32 Å². The van der Waals surface area contributed by atoms with Crippen LogP contribution in [-0.4, -0.2) is 66.2 Å². The van der Waals surface area contributed by atoms with Gasteiger partial charge in [-0.05, 0) is 51.5 Å². The molecular weight excluding hydrogens is 480 g/mol. The van der Waals surface area contributed by atoms with Crippen molar-refractivity contribution in [2.24, 2.45) is 11.8 Å². The molecule has 0 radical (unpaired) electrons. The Labute approximate surface area is 213 Å². The zero-order valence-electron chi connectivity index (χ0n) is 21.2. The van der Waals surface area contributed by atoms with Gasteiger partial charge in [-0.25, -0.2) is 4.79 Å². The molecule has 0 saturated carbocycles. The third kappa shape index (κ3) is 5.08. The van der Waals surface area contributed by atoms with E-state index in [1.165, 1.54) is 16.7 Å². The van der Waals surface area contributed by atoms with Gasteiger partial charge in [-0.15, -0.1) is 0 Å². The second-order valence-electron chi connectivity index (χ2n) is 10.8. The summed E-state index contributed by atoms with van der Waals surface area (Å²) < 4.78 is 6.21. The van der Waals surface area contributed by atoms with Gasteiger partial charge in [-0.2, -0.15) is 0 Å². The van der Waals surface area contributed by atoms with Crippen molar-refractivity contribution in [3.8, 4) is 0 Å². The molecule has 2 saturated heterocycles. The molecule has 3 unspecified atom stereocenters. The van der Waals surface area contributed by atoms with Crippen molar-refractivity contribution in [1.82, 2.24) is 9.80 Å². The fourth-order valence-electron chi connectivity index (χ4n) is 5.57. The van der Waals surface area contributed by atoms with Crippen molar-refractivity contribution in [3.63, 3.8) is 0 Å².